The van der Waals surface area contributed by atoms with Crippen LogP contribution in [0.1, 0.15) is 27.8 Å². The third kappa shape index (κ3) is 5.28. The lowest BCUT2D eigenvalue weighted by Gasteiger charge is -2.27. The normalized spacial score (nSPS) is 14.8. The second-order valence-corrected chi connectivity index (χ2v) is 9.70. The fraction of sp³-hybridized carbons (Fsp3) is 0.179. The van der Waals surface area contributed by atoms with Gasteiger partial charge in [0.15, 0.2) is 11.5 Å². The van der Waals surface area contributed by atoms with E-state index in [0.29, 0.717) is 29.4 Å². The van der Waals surface area contributed by atoms with Gasteiger partial charge in [-0.1, -0.05) is 35.9 Å². The molecule has 8 heteroatoms. The van der Waals surface area contributed by atoms with Crippen molar-refractivity contribution >= 4 is 52.2 Å². The lowest BCUT2D eigenvalue weighted by atomic mass is 10.0. The molecule has 4 amide bonds. The number of carbonyl (C=O) groups is 3. The first-order valence-corrected chi connectivity index (χ1v) is 12.3. The minimum absolute atomic E-state index is 0.154. The molecular weight excluding hydrogens is 571 g/mol. The van der Waals surface area contributed by atoms with Crippen LogP contribution in [0.4, 0.5) is 10.5 Å². The van der Waals surface area contributed by atoms with Crippen LogP contribution in [-0.2, 0) is 16.2 Å². The molecule has 0 saturated carbocycles. The monoisotopic (exact) mass is 596 g/mol. The zero-order valence-corrected chi connectivity index (χ0v) is 22.5. The third-order valence-corrected chi connectivity index (χ3v) is 6.68. The van der Waals surface area contributed by atoms with Gasteiger partial charge >= 0.3 is 6.03 Å². The molecule has 1 aliphatic rings. The molecular formula is C28H25IN2O5. The van der Waals surface area contributed by atoms with Gasteiger partial charge in [-0.25, -0.2) is 9.69 Å². The Hall–Kier alpha value is -3.66. The number of halogens is 1. The van der Waals surface area contributed by atoms with Gasteiger partial charge in [-0.05, 0) is 96.0 Å². The highest BCUT2D eigenvalue weighted by molar-refractivity contribution is 14.1. The number of barbiturate groups is 1. The Morgan fingerprint density at radius 3 is 2.44 bits per heavy atom. The SMILES string of the molecule is COc1cc(/C=C2\C(=O)NC(=O)N(c3ccc(C)c(C)c3)C2=O)cc(I)c1OCc1cccc(C)c1. The second kappa shape index (κ2) is 10.5. The van der Waals surface area contributed by atoms with Crippen LogP contribution in [0.15, 0.2) is 60.2 Å². The van der Waals surface area contributed by atoms with Crippen molar-refractivity contribution in [3.8, 4) is 11.5 Å². The van der Waals surface area contributed by atoms with E-state index < -0.39 is 17.8 Å². The fourth-order valence-electron chi connectivity index (χ4n) is 3.84. The number of rotatable bonds is 6. The summed E-state index contributed by atoms with van der Waals surface area (Å²) in [6.07, 6.45) is 1.45. The van der Waals surface area contributed by atoms with Crippen molar-refractivity contribution in [1.82, 2.24) is 5.32 Å². The number of imide groups is 2. The molecule has 184 valence electrons. The van der Waals surface area contributed by atoms with Gasteiger partial charge in [0.05, 0.1) is 16.4 Å². The maximum Gasteiger partial charge on any atom is 0.335 e. The number of nitrogens with zero attached hydrogens (tertiary/aromatic N) is 1. The number of nitrogens with one attached hydrogen (secondary N) is 1. The second-order valence-electron chi connectivity index (χ2n) is 8.54. The van der Waals surface area contributed by atoms with E-state index in [0.717, 1.165) is 30.7 Å². The molecule has 1 heterocycles. The Bertz CT molecular complexity index is 1410. The van der Waals surface area contributed by atoms with Gasteiger partial charge in [0, 0.05) is 0 Å². The summed E-state index contributed by atoms with van der Waals surface area (Å²) in [6, 6.07) is 16.0. The summed E-state index contributed by atoms with van der Waals surface area (Å²) in [6.45, 7) is 6.22. The number of carbonyl (C=O) groups excluding carboxylic acids is 3. The Morgan fingerprint density at radius 1 is 0.972 bits per heavy atom. The number of hydrogen-bond donors (Lipinski definition) is 1. The van der Waals surface area contributed by atoms with Gasteiger partial charge in [-0.2, -0.15) is 0 Å². The van der Waals surface area contributed by atoms with Crippen molar-refractivity contribution < 1.29 is 23.9 Å². The molecule has 0 bridgehead atoms. The van der Waals surface area contributed by atoms with Gasteiger partial charge in [0.25, 0.3) is 11.8 Å². The van der Waals surface area contributed by atoms with Crippen molar-refractivity contribution in [3.05, 3.63) is 91.6 Å². The molecule has 0 radical (unpaired) electrons. The van der Waals surface area contributed by atoms with Crippen molar-refractivity contribution in [3.63, 3.8) is 0 Å². The number of urea groups is 1. The average molecular weight is 596 g/mol. The Kier molecular flexibility index (Phi) is 7.44. The molecule has 3 aromatic carbocycles. The van der Waals surface area contributed by atoms with Crippen LogP contribution in [0.5, 0.6) is 11.5 Å². The first-order chi connectivity index (χ1) is 17.2. The van der Waals surface area contributed by atoms with E-state index in [1.807, 2.05) is 51.1 Å². The molecule has 4 rings (SSSR count). The lowest BCUT2D eigenvalue weighted by molar-refractivity contribution is -0.122. The van der Waals surface area contributed by atoms with Gasteiger partial charge in [-0.3, -0.25) is 14.9 Å². The van der Waals surface area contributed by atoms with Crippen LogP contribution in [0.2, 0.25) is 0 Å². The van der Waals surface area contributed by atoms with E-state index in [4.69, 9.17) is 9.47 Å². The number of benzene rings is 3. The molecule has 0 aromatic heterocycles. The lowest BCUT2D eigenvalue weighted by Crippen LogP contribution is -2.54. The summed E-state index contributed by atoms with van der Waals surface area (Å²) in [5.41, 5.74) is 4.93. The number of ether oxygens (including phenoxy) is 2. The van der Waals surface area contributed by atoms with Crippen LogP contribution in [0, 0.1) is 24.3 Å². The molecule has 0 aliphatic carbocycles. The standard InChI is InChI=1S/C28H25IN2O5/c1-16-6-5-7-19(10-16)15-36-25-23(29)13-20(14-24(25)35-4)12-22-26(32)30-28(34)31(27(22)33)21-9-8-17(2)18(3)11-21/h5-14H,15H2,1-4H3,(H,30,32,34)/b22-12+. The predicted octanol–water partition coefficient (Wildman–Crippen LogP) is 5.47. The maximum atomic E-state index is 13.3. The van der Waals surface area contributed by atoms with Crippen molar-refractivity contribution in [2.45, 2.75) is 27.4 Å². The molecule has 1 aliphatic heterocycles. The number of methoxy groups -OCH3 is 1. The summed E-state index contributed by atoms with van der Waals surface area (Å²) in [5.74, 6) is -0.417. The van der Waals surface area contributed by atoms with Crippen molar-refractivity contribution in [1.29, 1.82) is 0 Å². The quantitative estimate of drug-likeness (QED) is 0.232. The molecule has 1 N–H and O–H groups in total. The number of anilines is 1. The van der Waals surface area contributed by atoms with Gasteiger partial charge in [0.2, 0.25) is 0 Å². The van der Waals surface area contributed by atoms with Crippen LogP contribution in [0.25, 0.3) is 6.08 Å². The molecule has 0 unspecified atom stereocenters. The Morgan fingerprint density at radius 2 is 1.75 bits per heavy atom. The maximum absolute atomic E-state index is 13.3. The van der Waals surface area contributed by atoms with Crippen molar-refractivity contribution in [2.24, 2.45) is 0 Å². The molecule has 1 fully saturated rings. The highest BCUT2D eigenvalue weighted by Crippen LogP contribution is 2.35. The van der Waals surface area contributed by atoms with E-state index >= 15 is 0 Å². The third-order valence-electron chi connectivity index (χ3n) is 5.88. The zero-order chi connectivity index (χ0) is 26.0. The summed E-state index contributed by atoms with van der Waals surface area (Å²) >= 11 is 2.13. The van der Waals surface area contributed by atoms with E-state index in [1.54, 1.807) is 24.3 Å². The summed E-state index contributed by atoms with van der Waals surface area (Å²) in [4.78, 5) is 39.4. The molecule has 7 nitrogen and oxygen atoms in total. The fourth-order valence-corrected chi connectivity index (χ4v) is 4.63. The smallest absolute Gasteiger partial charge is 0.335 e. The summed E-state index contributed by atoms with van der Waals surface area (Å²) in [5, 5.41) is 2.26. The minimum atomic E-state index is -0.780. The molecule has 3 aromatic rings. The molecule has 0 atom stereocenters. The highest BCUT2D eigenvalue weighted by atomic mass is 127. The van der Waals surface area contributed by atoms with Gasteiger partial charge in [0.1, 0.15) is 12.2 Å². The minimum Gasteiger partial charge on any atom is -0.493 e. The summed E-state index contributed by atoms with van der Waals surface area (Å²) in [7, 11) is 1.53. The van der Waals surface area contributed by atoms with E-state index in [9.17, 15) is 14.4 Å². The zero-order valence-electron chi connectivity index (χ0n) is 20.3. The van der Waals surface area contributed by atoms with Crippen LogP contribution in [-0.4, -0.2) is 25.0 Å². The largest absolute Gasteiger partial charge is 0.493 e. The van der Waals surface area contributed by atoms with Crippen LogP contribution >= 0.6 is 22.6 Å². The van der Waals surface area contributed by atoms with Gasteiger partial charge < -0.3 is 9.47 Å². The van der Waals surface area contributed by atoms with E-state index in [2.05, 4.69) is 27.9 Å². The Labute approximate surface area is 223 Å². The average Bonchev–Trinajstić information content (AvgIpc) is 2.83. The number of hydrogen-bond acceptors (Lipinski definition) is 5. The molecule has 1 saturated heterocycles. The number of amides is 4. The highest BCUT2D eigenvalue weighted by Gasteiger charge is 2.37. The summed E-state index contributed by atoms with van der Waals surface area (Å²) < 4.78 is 12.3. The van der Waals surface area contributed by atoms with E-state index in [1.165, 1.54) is 13.2 Å². The van der Waals surface area contributed by atoms with Crippen LogP contribution < -0.4 is 19.7 Å². The number of aryl methyl sites for hydroxylation is 3. The molecule has 0 spiro atoms. The predicted molar refractivity (Wildman–Crippen MR) is 146 cm³/mol. The first kappa shape index (κ1) is 25.4. The van der Waals surface area contributed by atoms with Crippen LogP contribution in [0.3, 0.4) is 0 Å². The van der Waals surface area contributed by atoms with Gasteiger partial charge in [-0.15, -0.1) is 0 Å². The topological polar surface area (TPSA) is 84.9 Å². The Balaban J connectivity index is 1.65. The first-order valence-electron chi connectivity index (χ1n) is 11.2. The van der Waals surface area contributed by atoms with Crippen molar-refractivity contribution in [2.75, 3.05) is 12.0 Å². The van der Waals surface area contributed by atoms with E-state index in [-0.39, 0.29) is 5.57 Å². The molecule has 36 heavy (non-hydrogen) atoms.